The number of halogens is 1. The fraction of sp³-hybridized carbons (Fsp3) is 0.901. The van der Waals surface area contributed by atoms with Gasteiger partial charge in [-0.2, -0.15) is 35.3 Å². The van der Waals surface area contributed by atoms with Gasteiger partial charge in [0.15, 0.2) is 0 Å². The average Bonchev–Trinajstić information content (AvgIpc) is 1.58. The van der Waals surface area contributed by atoms with Crippen LogP contribution in [-0.4, -0.2) is 148 Å². The largest absolute Gasteiger partial charge is 0.390 e. The molecule has 21 aliphatic carbocycles. The molecular weight excluding hydrogens is 1740 g/mol. The SMILES string of the molecule is C=C(CN1CCCC1)[C@H]1CC[C@H]2[C@@H]3CC[C@H]4C[C@@](C)(O)CC[C@@H]4[C@H]3CC[C@]12C.C=C(Cn1ccnc1)[C@H]1CC[C@H]2[C@@H]3CC[C@H]4C[C@@](C)(O)CC[C@@H]4[C@H]3CC[C@]12C.CSCC(=O)[C@H]1CC[C@H]2[C@@H]3CC[C@H]4C[C@@](C)(O)CC[C@@H]4[C@H]3CC[C@]12C.CSCC(=O)[C@H]1CC[C@H]2[C@@H]3CC[C@H]4C[C@](O)(C#CC5CC5)CC[C@@H]4[C@H]3CC[C@]12C.CSCC(=O)[C@H]1CC[C@H]2[C@@H]3CC[C@H]4C[C@](O)(CF)CC[C@@H]4[C@H]3CC[C@]12C. The number of aliphatic hydroxyl groups is 5. The Bertz CT molecular complexity index is 4390. The average molecular weight is 1930 g/mol. The van der Waals surface area contributed by atoms with Crippen molar-refractivity contribution < 1.29 is 44.3 Å². The first-order valence-corrected chi connectivity index (χ1v) is 61.9. The summed E-state index contributed by atoms with van der Waals surface area (Å²) in [6.45, 7) is 32.1. The van der Waals surface area contributed by atoms with Crippen LogP contribution in [0.5, 0.6) is 0 Å². The molecular formula is C121H190FN3O8S3. The molecule has 0 spiro atoms. The fourth-order valence-electron chi connectivity index (χ4n) is 41.5. The summed E-state index contributed by atoms with van der Waals surface area (Å²) < 4.78 is 15.5. The van der Waals surface area contributed by atoms with Gasteiger partial charge < -0.3 is 30.1 Å². The minimum Gasteiger partial charge on any atom is -0.390 e. The Hall–Kier alpha value is -2.00. The van der Waals surface area contributed by atoms with Crippen molar-refractivity contribution in [1.29, 1.82) is 0 Å². The molecule has 1 saturated heterocycles. The van der Waals surface area contributed by atoms with Crippen molar-refractivity contribution in [1.82, 2.24) is 14.5 Å². The third-order valence-corrected chi connectivity index (χ3v) is 49.5. The Kier molecular flexibility index (Phi) is 30.9. The number of hydrogen-bond acceptors (Lipinski definition) is 13. The second-order valence-electron chi connectivity index (χ2n) is 54.9. The number of carbonyl (C=O) groups is 3. The number of alkyl halides is 1. The molecule has 1 aromatic heterocycles. The Balaban J connectivity index is 0.000000109. The molecule has 21 saturated carbocycles. The van der Waals surface area contributed by atoms with Crippen molar-refractivity contribution in [2.24, 2.45) is 211 Å². The fourth-order valence-corrected chi connectivity index (χ4v) is 43.0. The topological polar surface area (TPSA) is 173 Å². The zero-order chi connectivity index (χ0) is 95.6. The van der Waals surface area contributed by atoms with E-state index in [2.05, 4.69) is 107 Å². The number of rotatable bonds is 16. The van der Waals surface area contributed by atoms with Crippen molar-refractivity contribution in [3.05, 3.63) is 43.0 Å². The van der Waals surface area contributed by atoms with Crippen LogP contribution in [-0.2, 0) is 20.9 Å². The van der Waals surface area contributed by atoms with E-state index in [0.717, 1.165) is 220 Å². The molecule has 2 heterocycles. The Morgan fingerprint density at radius 1 is 0.360 bits per heavy atom. The first-order valence-electron chi connectivity index (χ1n) is 57.7. The maximum atomic E-state index is 13.3. The van der Waals surface area contributed by atoms with Gasteiger partial charge in [-0.15, -0.1) is 0 Å². The number of allylic oxidation sites excluding steroid dienone is 1. The highest BCUT2D eigenvalue weighted by molar-refractivity contribution is 7.99. The standard InChI is InChI=1S/C26H43NO.C26H38O2S.C25H38N2O.C22H35FO2S.C22H36O2S/c1-18(17-27-14-4-5-15-27)23-8-9-24-22-7-6-19-16-25(2,28)12-10-20(19)21(22)11-13-26(23,24)3;1-25-12-10-20-19-11-14-26(28,13-9-17-3-4-17)15-18(19)5-6-21(20)22(25)7-8-23(25)24(27)16-29-2;1-17(15-27-13-12-26-16-27)22-6-7-23-21-5-4-18-14-24(2,28)10-8-19(18)20(21)9-11-25(22,23)3;1-21-9-7-16-15-8-10-22(25,13-23)11-14(15)3-4-17(16)18(21)5-6-19(21)20(24)12-26-2;1-21(24)10-8-15-14(12-21)4-5-17-16(15)9-11-22(2)18(17)6-7-19(22)20(23)13-25-3/h19-24,28H,1,4-17H2,2-3H3;17-23,28H,3-8,10-12,14-16H2,1-2H3;12-13,16,18-23,28H,1,4-11,14-15H2,2-3H3;14-19,25H,3-13H2,1-2H3;14-19,24H,4-13H2,1-3H3/t19-,20-,21+,22+,23+,24-,25-,26+;18-,19-,20+,21+,22-,23+,25-,26-;18-,19-,20+,21+,22+,23-,24-,25+;2*14-,15-,16+,17+,18-,19+,21-,22-/m00000/s1. The van der Waals surface area contributed by atoms with Crippen LogP contribution in [0.4, 0.5) is 4.39 Å². The molecule has 22 aliphatic rings. The van der Waals surface area contributed by atoms with E-state index in [0.29, 0.717) is 106 Å². The molecule has 0 amide bonds. The summed E-state index contributed by atoms with van der Waals surface area (Å²) in [6.07, 6.45) is 71.8. The summed E-state index contributed by atoms with van der Waals surface area (Å²) in [5.41, 5.74) is 1.75. The van der Waals surface area contributed by atoms with Gasteiger partial charge in [0.2, 0.25) is 0 Å². The van der Waals surface area contributed by atoms with E-state index >= 15 is 0 Å². The van der Waals surface area contributed by atoms with E-state index in [1.54, 1.807) is 40.9 Å². The lowest BCUT2D eigenvalue weighted by Crippen LogP contribution is -2.52. The third-order valence-electron chi connectivity index (χ3n) is 47.7. The summed E-state index contributed by atoms with van der Waals surface area (Å²) in [4.78, 5) is 45.1. The minimum absolute atomic E-state index is 0.217. The molecule has 40 atom stereocenters. The highest BCUT2D eigenvalue weighted by Gasteiger charge is 2.66. The quantitative estimate of drug-likeness (QED) is 0.0782. The molecule has 0 aromatic carbocycles. The first kappa shape index (κ1) is 103. The number of nitrogens with zero attached hydrogens (tertiary/aromatic N) is 3. The highest BCUT2D eigenvalue weighted by Crippen LogP contribution is 2.73. The smallest absolute Gasteiger partial charge is 0.146 e. The van der Waals surface area contributed by atoms with Crippen LogP contribution >= 0.6 is 35.3 Å². The zero-order valence-electron chi connectivity index (χ0n) is 87.3. The normalized spacial score (nSPS) is 50.1. The number of fused-ring (bicyclic) bond motifs is 25. The third kappa shape index (κ3) is 20.1. The van der Waals surface area contributed by atoms with Crippen LogP contribution in [0.1, 0.15) is 370 Å². The van der Waals surface area contributed by atoms with Gasteiger partial charge >= 0.3 is 0 Å². The molecule has 0 unspecified atom stereocenters. The summed E-state index contributed by atoms with van der Waals surface area (Å²) in [5, 5.41) is 53.2. The molecule has 23 rings (SSSR count). The van der Waals surface area contributed by atoms with Crippen molar-refractivity contribution in [2.45, 2.75) is 405 Å². The number of thioether (sulfide) groups is 3. The van der Waals surface area contributed by atoms with E-state index < -0.39 is 29.1 Å². The highest BCUT2D eigenvalue weighted by atomic mass is 32.2. The maximum absolute atomic E-state index is 13.3. The van der Waals surface area contributed by atoms with Crippen LogP contribution in [0.3, 0.4) is 0 Å². The molecule has 762 valence electrons. The predicted octanol–water partition coefficient (Wildman–Crippen LogP) is 26.3. The second-order valence-corrected chi connectivity index (χ2v) is 57.5. The number of imidazole rings is 1. The summed E-state index contributed by atoms with van der Waals surface area (Å²) >= 11 is 5.07. The zero-order valence-corrected chi connectivity index (χ0v) is 89.7. The molecule has 0 bridgehead atoms. The van der Waals surface area contributed by atoms with Gasteiger partial charge in [-0.1, -0.05) is 70.8 Å². The minimum atomic E-state index is -1.04. The Morgan fingerprint density at radius 2 is 0.669 bits per heavy atom. The van der Waals surface area contributed by atoms with Crippen molar-refractivity contribution in [3.63, 3.8) is 0 Å². The van der Waals surface area contributed by atoms with Crippen LogP contribution in [0.15, 0.2) is 43.0 Å². The van der Waals surface area contributed by atoms with Crippen molar-refractivity contribution in [2.75, 3.05) is 62.3 Å². The maximum Gasteiger partial charge on any atom is 0.146 e. The van der Waals surface area contributed by atoms with Crippen LogP contribution in [0, 0.1) is 222 Å². The molecule has 5 N–H and O–H groups in total. The summed E-state index contributed by atoms with van der Waals surface area (Å²) in [7, 11) is 0. The first-order chi connectivity index (χ1) is 64.9. The molecule has 0 radical (unpaired) electrons. The lowest BCUT2D eigenvalue weighted by Gasteiger charge is -2.57. The van der Waals surface area contributed by atoms with Crippen molar-refractivity contribution >= 4 is 52.6 Å². The van der Waals surface area contributed by atoms with Crippen molar-refractivity contribution in [3.8, 4) is 11.8 Å². The van der Waals surface area contributed by atoms with E-state index in [1.165, 1.54) is 244 Å². The second kappa shape index (κ2) is 40.9. The number of Topliss-reactive ketones (excluding diaryl/α,β-unsaturated/α-hetero) is 3. The van der Waals surface area contributed by atoms with Crippen LogP contribution in [0.25, 0.3) is 0 Å². The van der Waals surface area contributed by atoms with Gasteiger partial charge in [-0.25, -0.2) is 9.37 Å². The number of carbonyl (C=O) groups excluding carboxylic acids is 3. The lowest BCUT2D eigenvalue weighted by molar-refractivity contribution is -0.131. The summed E-state index contributed by atoms with van der Waals surface area (Å²) in [5.74, 6) is 33.6. The van der Waals surface area contributed by atoms with E-state index in [4.69, 9.17) is 0 Å². The Morgan fingerprint density at radius 3 is 1.00 bits per heavy atom. The number of likely N-dealkylation sites (tertiary alicyclic amines) is 1. The predicted molar refractivity (Wildman–Crippen MR) is 558 cm³/mol. The monoisotopic (exact) mass is 1930 g/mol. The number of ketones is 3. The lowest BCUT2D eigenvalue weighted by atomic mass is 9.49. The molecule has 22 fully saturated rings. The van der Waals surface area contributed by atoms with Crippen LogP contribution in [0.2, 0.25) is 0 Å². The van der Waals surface area contributed by atoms with Gasteiger partial charge in [-0.05, 0) is 554 Å². The van der Waals surface area contributed by atoms with E-state index in [1.807, 2.05) is 25.7 Å². The van der Waals surface area contributed by atoms with Gasteiger partial charge in [0.25, 0.3) is 0 Å². The summed E-state index contributed by atoms with van der Waals surface area (Å²) in [6, 6.07) is 0. The van der Waals surface area contributed by atoms with Crippen LogP contribution < -0.4 is 0 Å². The number of hydrogen-bond donors (Lipinski definition) is 5. The molecule has 11 nitrogen and oxygen atoms in total. The van der Waals surface area contributed by atoms with Gasteiger partial charge in [0, 0.05) is 49.2 Å². The molecule has 1 aliphatic heterocycles. The molecule has 15 heteroatoms. The van der Waals surface area contributed by atoms with Gasteiger partial charge in [-0.3, -0.25) is 19.3 Å². The number of aromatic nitrogens is 2. The molecule has 1 aromatic rings. The van der Waals surface area contributed by atoms with Gasteiger partial charge in [0.1, 0.15) is 29.6 Å². The van der Waals surface area contributed by atoms with E-state index in [-0.39, 0.29) is 27.8 Å². The molecule has 136 heavy (non-hydrogen) atoms. The van der Waals surface area contributed by atoms with E-state index in [9.17, 15) is 44.3 Å². The van der Waals surface area contributed by atoms with Gasteiger partial charge in [0.05, 0.1) is 46.0 Å². The Labute approximate surface area is 837 Å².